The molecule has 33 heavy (non-hydrogen) atoms. The van der Waals surface area contributed by atoms with Crippen molar-refractivity contribution in [2.45, 2.75) is 102 Å². The predicted octanol–water partition coefficient (Wildman–Crippen LogP) is 5.74. The summed E-state index contributed by atoms with van der Waals surface area (Å²) in [6.45, 7) is 5.08. The number of likely N-dealkylation sites (N-methyl/N-ethyl adjacent to an activating group) is 1. The van der Waals surface area contributed by atoms with Gasteiger partial charge in [-0.3, -0.25) is 4.90 Å². The Hall–Kier alpha value is -0.650. The number of aliphatic hydroxyl groups excluding tert-OH is 1. The lowest BCUT2D eigenvalue weighted by Crippen LogP contribution is -2.52. The van der Waals surface area contributed by atoms with E-state index in [2.05, 4.69) is 17.3 Å². The lowest BCUT2D eigenvalue weighted by atomic mass is 9.73. The van der Waals surface area contributed by atoms with Crippen LogP contribution in [0, 0.1) is 11.8 Å². The van der Waals surface area contributed by atoms with Crippen LogP contribution in [0.3, 0.4) is 0 Å². The summed E-state index contributed by atoms with van der Waals surface area (Å²) < 4.78 is 0. The summed E-state index contributed by atoms with van der Waals surface area (Å²) in [7, 11) is 2.07. The monoisotopic (exact) mass is 478 g/mol. The van der Waals surface area contributed by atoms with Gasteiger partial charge in [-0.05, 0) is 82.2 Å². The van der Waals surface area contributed by atoms with E-state index in [4.69, 9.17) is 11.6 Å². The Morgan fingerprint density at radius 2 is 1.97 bits per heavy atom. The zero-order valence-corrected chi connectivity index (χ0v) is 21.7. The molecule has 1 heterocycles. The van der Waals surface area contributed by atoms with Gasteiger partial charge in [0, 0.05) is 30.1 Å². The maximum atomic E-state index is 12.2. The van der Waals surface area contributed by atoms with Crippen molar-refractivity contribution in [2.75, 3.05) is 26.7 Å². The SMILES string of the molecule is CCC(O)CCC[C@@](O)(c1cccc(Cl)c1)[C@@H]1CCCN(C(CNC)CC2CCCCC2)C1. The maximum absolute atomic E-state index is 12.2. The van der Waals surface area contributed by atoms with Crippen LogP contribution in [0.1, 0.15) is 89.5 Å². The molecule has 1 saturated heterocycles. The zero-order valence-electron chi connectivity index (χ0n) is 20.9. The largest absolute Gasteiger partial charge is 0.393 e. The number of nitrogens with zero attached hydrogens (tertiary/aromatic N) is 1. The number of likely N-dealkylation sites (tertiary alicyclic amines) is 1. The van der Waals surface area contributed by atoms with Gasteiger partial charge in [-0.2, -0.15) is 0 Å². The molecule has 1 saturated carbocycles. The van der Waals surface area contributed by atoms with Crippen LogP contribution < -0.4 is 5.32 Å². The Morgan fingerprint density at radius 1 is 1.18 bits per heavy atom. The Labute approximate surface area is 207 Å². The van der Waals surface area contributed by atoms with Gasteiger partial charge in [-0.1, -0.05) is 62.8 Å². The first-order valence-corrected chi connectivity index (χ1v) is 13.9. The highest BCUT2D eigenvalue weighted by atomic mass is 35.5. The van der Waals surface area contributed by atoms with Gasteiger partial charge in [0.2, 0.25) is 0 Å². The van der Waals surface area contributed by atoms with Crippen molar-refractivity contribution < 1.29 is 10.2 Å². The molecule has 0 spiro atoms. The summed E-state index contributed by atoms with van der Waals surface area (Å²) in [5.74, 6) is 1.02. The molecule has 1 aliphatic heterocycles. The van der Waals surface area contributed by atoms with Gasteiger partial charge in [-0.15, -0.1) is 0 Å². The molecule has 0 bridgehead atoms. The van der Waals surface area contributed by atoms with Crippen LogP contribution in [0.25, 0.3) is 0 Å². The topological polar surface area (TPSA) is 55.7 Å². The van der Waals surface area contributed by atoms with Gasteiger partial charge in [0.15, 0.2) is 0 Å². The summed E-state index contributed by atoms with van der Waals surface area (Å²) in [5.41, 5.74) is 0.0248. The van der Waals surface area contributed by atoms with Crippen LogP contribution in [-0.2, 0) is 5.60 Å². The van der Waals surface area contributed by atoms with Gasteiger partial charge in [0.05, 0.1) is 11.7 Å². The van der Waals surface area contributed by atoms with E-state index in [0.717, 1.165) is 63.2 Å². The first kappa shape index (κ1) is 26.9. The first-order valence-electron chi connectivity index (χ1n) is 13.5. The number of aliphatic hydroxyl groups is 2. The normalized spacial score (nSPS) is 24.3. The summed E-state index contributed by atoms with van der Waals surface area (Å²) in [5, 5.41) is 26.4. The van der Waals surface area contributed by atoms with Crippen molar-refractivity contribution >= 4 is 11.6 Å². The van der Waals surface area contributed by atoms with Crippen molar-refractivity contribution in [2.24, 2.45) is 11.8 Å². The average Bonchev–Trinajstić information content (AvgIpc) is 2.84. The molecule has 2 unspecified atom stereocenters. The fourth-order valence-corrected chi connectivity index (χ4v) is 6.48. The molecule has 2 aliphatic rings. The summed E-state index contributed by atoms with van der Waals surface area (Å²) in [4.78, 5) is 2.66. The second-order valence-electron chi connectivity index (χ2n) is 10.7. The van der Waals surface area contributed by atoms with Gasteiger partial charge in [0.25, 0.3) is 0 Å². The Morgan fingerprint density at radius 3 is 2.67 bits per heavy atom. The van der Waals surface area contributed by atoms with Gasteiger partial charge in [0.1, 0.15) is 0 Å². The van der Waals surface area contributed by atoms with Crippen LogP contribution in [-0.4, -0.2) is 53.9 Å². The van der Waals surface area contributed by atoms with E-state index in [1.165, 1.54) is 38.5 Å². The number of hydrogen-bond acceptors (Lipinski definition) is 4. The zero-order chi connectivity index (χ0) is 23.7. The highest BCUT2D eigenvalue weighted by Gasteiger charge is 2.41. The third-order valence-electron chi connectivity index (χ3n) is 8.31. The fourth-order valence-electron chi connectivity index (χ4n) is 6.29. The Bertz CT molecular complexity index is 696. The van der Waals surface area contributed by atoms with Crippen molar-refractivity contribution in [3.05, 3.63) is 34.9 Å². The molecule has 0 radical (unpaired) electrons. The van der Waals surface area contributed by atoms with Gasteiger partial charge in [-0.25, -0.2) is 0 Å². The molecule has 0 aromatic heterocycles. The number of piperidine rings is 1. The van der Waals surface area contributed by atoms with E-state index in [1.54, 1.807) is 0 Å². The molecule has 1 aromatic carbocycles. The smallest absolute Gasteiger partial charge is 0.0937 e. The third kappa shape index (κ3) is 7.67. The second kappa shape index (κ2) is 13.4. The van der Waals surface area contributed by atoms with Crippen molar-refractivity contribution in [3.63, 3.8) is 0 Å². The fraction of sp³-hybridized carbons (Fsp3) is 0.786. The number of nitrogens with one attached hydrogen (secondary N) is 1. The Balaban J connectivity index is 1.76. The van der Waals surface area contributed by atoms with Gasteiger partial charge < -0.3 is 15.5 Å². The summed E-state index contributed by atoms with van der Waals surface area (Å²) in [6.07, 6.45) is 13.1. The van der Waals surface area contributed by atoms with Crippen molar-refractivity contribution in [1.29, 1.82) is 0 Å². The first-order chi connectivity index (χ1) is 16.0. The lowest BCUT2D eigenvalue weighted by molar-refractivity contribution is -0.0696. The van der Waals surface area contributed by atoms with E-state index < -0.39 is 5.60 Å². The quantitative estimate of drug-likeness (QED) is 0.358. The molecule has 3 N–H and O–H groups in total. The van der Waals surface area contributed by atoms with Crippen LogP contribution in [0.15, 0.2) is 24.3 Å². The molecular weight excluding hydrogens is 432 g/mol. The van der Waals surface area contributed by atoms with E-state index >= 15 is 0 Å². The minimum absolute atomic E-state index is 0.175. The Kier molecular flexibility index (Phi) is 11.0. The predicted molar refractivity (Wildman–Crippen MR) is 139 cm³/mol. The number of halogens is 1. The average molecular weight is 479 g/mol. The van der Waals surface area contributed by atoms with Crippen LogP contribution in [0.4, 0.5) is 0 Å². The second-order valence-corrected chi connectivity index (χ2v) is 11.1. The van der Waals surface area contributed by atoms with E-state index in [9.17, 15) is 10.2 Å². The molecule has 4 atom stereocenters. The third-order valence-corrected chi connectivity index (χ3v) is 8.54. The number of hydrogen-bond donors (Lipinski definition) is 3. The van der Waals surface area contributed by atoms with E-state index in [0.29, 0.717) is 17.5 Å². The van der Waals surface area contributed by atoms with Crippen LogP contribution in [0.2, 0.25) is 5.02 Å². The summed E-state index contributed by atoms with van der Waals surface area (Å²) >= 11 is 6.36. The molecule has 2 fully saturated rings. The summed E-state index contributed by atoms with van der Waals surface area (Å²) in [6, 6.07) is 8.35. The molecule has 188 valence electrons. The lowest BCUT2D eigenvalue weighted by Gasteiger charge is -2.46. The van der Waals surface area contributed by atoms with Gasteiger partial charge >= 0.3 is 0 Å². The standard InChI is InChI=1S/C28H47ClN2O2/c1-3-27(32)15-8-16-28(33,23-12-7-14-25(29)19-23)24-13-9-17-31(21-24)26(20-30-2)18-22-10-5-4-6-11-22/h7,12,14,19,22,24,26-27,30,32-33H,3-6,8-11,13,15-18,20-21H2,1-2H3/t24-,26?,27?,28-/m1/s1. The van der Waals surface area contributed by atoms with Crippen LogP contribution in [0.5, 0.6) is 0 Å². The van der Waals surface area contributed by atoms with Crippen molar-refractivity contribution in [3.8, 4) is 0 Å². The van der Waals surface area contributed by atoms with E-state index in [-0.39, 0.29) is 12.0 Å². The molecule has 4 nitrogen and oxygen atoms in total. The minimum Gasteiger partial charge on any atom is -0.393 e. The molecule has 1 aliphatic carbocycles. The van der Waals surface area contributed by atoms with Crippen LogP contribution >= 0.6 is 11.6 Å². The molecular formula is C28H47ClN2O2. The van der Waals surface area contributed by atoms with Crippen molar-refractivity contribution in [1.82, 2.24) is 10.2 Å². The molecule has 5 heteroatoms. The number of rotatable bonds is 12. The highest BCUT2D eigenvalue weighted by Crippen LogP contribution is 2.41. The van der Waals surface area contributed by atoms with E-state index in [1.807, 2.05) is 31.2 Å². The maximum Gasteiger partial charge on any atom is 0.0937 e. The molecule has 0 amide bonds. The highest BCUT2D eigenvalue weighted by molar-refractivity contribution is 6.30. The number of benzene rings is 1. The molecule has 3 rings (SSSR count). The molecule has 1 aromatic rings. The minimum atomic E-state index is -0.911.